The predicted molar refractivity (Wildman–Crippen MR) is 339 cm³/mol. The quantitative estimate of drug-likeness (QED) is 0.0193. The number of carbonyl (C=O) groups excluding carboxylic acids is 5. The number of aromatic amines is 1. The van der Waals surface area contributed by atoms with Gasteiger partial charge in [-0.05, 0) is 115 Å². The van der Waals surface area contributed by atoms with Gasteiger partial charge in [0.05, 0.1) is 48.4 Å². The molecular formula is C62H85ClN14O8S2. The monoisotopic (exact) mass is 1250 g/mol. The molecule has 4 N–H and O–H groups in total. The number of aryl methyl sites for hydroxylation is 1. The molecule has 8 heterocycles. The van der Waals surface area contributed by atoms with Crippen molar-refractivity contribution in [2.75, 3.05) is 142 Å². The highest BCUT2D eigenvalue weighted by molar-refractivity contribution is 8.00. The van der Waals surface area contributed by atoms with E-state index in [4.69, 9.17) is 25.8 Å². The van der Waals surface area contributed by atoms with Crippen LogP contribution in [-0.2, 0) is 33.4 Å². The minimum absolute atomic E-state index is 0.0228. The highest BCUT2D eigenvalue weighted by Crippen LogP contribution is 2.33. The van der Waals surface area contributed by atoms with Crippen LogP contribution in [0.3, 0.4) is 0 Å². The molecule has 0 unspecified atom stereocenters. The fraction of sp³-hybridized carbons (Fsp3) is 0.597. The topological polar surface area (TPSA) is 236 Å². The Kier molecular flexibility index (Phi) is 23.1. The van der Waals surface area contributed by atoms with Crippen LogP contribution in [-0.4, -0.2) is 227 Å². The van der Waals surface area contributed by atoms with Gasteiger partial charge in [0.2, 0.25) is 17.7 Å². The summed E-state index contributed by atoms with van der Waals surface area (Å²) in [6.07, 6.45) is 6.14. The van der Waals surface area contributed by atoms with Gasteiger partial charge in [-0.1, -0.05) is 61.2 Å². The Morgan fingerprint density at radius 3 is 2.31 bits per heavy atom. The van der Waals surface area contributed by atoms with Crippen molar-refractivity contribution in [3.05, 3.63) is 70.2 Å². The number of piperazine rings is 2. The largest absolute Gasteiger partial charge is 0.465 e. The lowest BCUT2D eigenvalue weighted by molar-refractivity contribution is -0.141. The van der Waals surface area contributed by atoms with Gasteiger partial charge in [-0.15, -0.1) is 11.3 Å². The number of thiophene rings is 1. The number of benzene rings is 1. The van der Waals surface area contributed by atoms with Gasteiger partial charge in [-0.25, -0.2) is 24.7 Å². The molecule has 4 saturated heterocycles. The number of nitrogens with zero attached hydrogens (tertiary/aromatic N) is 10. The molecule has 25 heteroatoms. The Hall–Kier alpha value is -6.17. The van der Waals surface area contributed by atoms with E-state index in [0.29, 0.717) is 88.5 Å². The van der Waals surface area contributed by atoms with Crippen molar-refractivity contribution in [2.24, 2.45) is 11.8 Å². The Morgan fingerprint density at radius 2 is 1.59 bits per heavy atom. The van der Waals surface area contributed by atoms with Crippen LogP contribution in [0.2, 0.25) is 5.02 Å². The van der Waals surface area contributed by atoms with Gasteiger partial charge in [-0.2, -0.15) is 0 Å². The fourth-order valence-electron chi connectivity index (χ4n) is 11.4. The number of hydrogen-bond acceptors (Lipinski definition) is 19. The summed E-state index contributed by atoms with van der Waals surface area (Å²) in [5, 5.41) is 12.3. The smallest absolute Gasteiger partial charge is 0.408 e. The summed E-state index contributed by atoms with van der Waals surface area (Å²) in [5.41, 5.74) is -0.349. The molecule has 0 bridgehead atoms. The second-order valence-electron chi connectivity index (χ2n) is 24.5. The van der Waals surface area contributed by atoms with E-state index in [-0.39, 0.29) is 54.6 Å². The molecule has 1 aromatic carbocycles. The van der Waals surface area contributed by atoms with E-state index in [0.717, 1.165) is 121 Å². The van der Waals surface area contributed by atoms with E-state index >= 15 is 0 Å². The number of amides is 4. The summed E-state index contributed by atoms with van der Waals surface area (Å²) in [7, 11) is 0. The number of piperidine rings is 2. The maximum Gasteiger partial charge on any atom is 0.408 e. The third-order valence-corrected chi connectivity index (χ3v) is 18.4. The van der Waals surface area contributed by atoms with Crippen molar-refractivity contribution < 1.29 is 38.2 Å². The second kappa shape index (κ2) is 30.8. The maximum atomic E-state index is 14.7. The lowest BCUT2D eigenvalue weighted by Gasteiger charge is -2.42. The van der Waals surface area contributed by atoms with Crippen LogP contribution in [0.15, 0.2) is 53.9 Å². The Bertz CT molecular complexity index is 3190. The molecule has 0 radical (unpaired) electrons. The summed E-state index contributed by atoms with van der Waals surface area (Å²) >= 11 is 9.13. The second-order valence-corrected chi connectivity index (χ2v) is 26.9. The Labute approximate surface area is 523 Å². The van der Waals surface area contributed by atoms with Crippen LogP contribution < -0.4 is 20.9 Å². The van der Waals surface area contributed by atoms with Gasteiger partial charge in [0.15, 0.2) is 0 Å². The van der Waals surface area contributed by atoms with Gasteiger partial charge >= 0.3 is 12.1 Å². The van der Waals surface area contributed by atoms with Crippen LogP contribution >= 0.6 is 34.7 Å². The van der Waals surface area contributed by atoms with E-state index in [1.807, 2.05) is 68.3 Å². The summed E-state index contributed by atoms with van der Waals surface area (Å²) in [6.45, 7) is 24.7. The highest BCUT2D eigenvalue weighted by atomic mass is 35.5. The first-order valence-electron chi connectivity index (χ1n) is 30.5. The summed E-state index contributed by atoms with van der Waals surface area (Å²) in [5.74, 6) is 8.00. The Balaban J connectivity index is 0.644. The van der Waals surface area contributed by atoms with E-state index in [9.17, 15) is 24.0 Å². The standard InChI is InChI=1S/C62H85ClN14O8S2/c1-43(2)39-84-54(80)41-86-57-50-36-48(87-58(50)69-44(3)68-57)8-7-19-64-52(78)40-83-35-34-73-26-28-75(29-27-73)37-45-14-21-74(22-15-45)38-53(79)76-32-30-72(31-33-76)23-16-51(46-9-11-47(63)12-10-46)70-59(81)62(71-60(82)85-61(4,5)6)17-24-77(25-18-62)56-49-13-20-65-55(49)66-42-67-56/h9-13,20,36,42-43,45,51H,14-19,21-35,37-41H2,1-6H3,(H,64,78)(H,70,81)(H,71,82)(H,65,66,67)/t51-/m0/s1. The molecule has 9 rings (SSSR count). The number of anilines is 1. The molecule has 4 aliphatic rings. The zero-order chi connectivity index (χ0) is 61.5. The van der Waals surface area contributed by atoms with Crippen molar-refractivity contribution in [3.63, 3.8) is 0 Å². The first-order chi connectivity index (χ1) is 41.8. The highest BCUT2D eigenvalue weighted by Gasteiger charge is 2.45. The van der Waals surface area contributed by atoms with E-state index in [2.05, 4.69) is 77.2 Å². The van der Waals surface area contributed by atoms with Crippen molar-refractivity contribution in [2.45, 2.75) is 95.9 Å². The molecule has 0 saturated carbocycles. The Morgan fingerprint density at radius 1 is 0.874 bits per heavy atom. The SMILES string of the molecule is Cc1nc(SCC(=O)OCC(C)C)c2cc(C#CCNC(=O)COCCN3CCN(CC4CCN(CC(=O)N5CCN(CC[C@H](NC(=O)C6(NC(=O)OC(C)(C)C)CCN(c7ncnc8[nH]ccc78)CC6)c6ccc(Cl)cc6)CC5)CC4)CC3)sc2n1. The zero-order valence-electron chi connectivity index (χ0n) is 51.2. The van der Waals surface area contributed by atoms with Gasteiger partial charge in [-0.3, -0.25) is 33.9 Å². The average Bonchev–Trinajstić information content (AvgIpc) is 2.28. The molecule has 1 atom stereocenters. The van der Waals surface area contributed by atoms with Crippen molar-refractivity contribution in [3.8, 4) is 11.8 Å². The molecular weight excluding hydrogens is 1170 g/mol. The normalized spacial score (nSPS) is 17.9. The number of hydrogen-bond donors (Lipinski definition) is 4. The van der Waals surface area contributed by atoms with E-state index in [1.165, 1.54) is 29.4 Å². The molecule has 0 aliphatic carbocycles. The average molecular weight is 1250 g/mol. The van der Waals surface area contributed by atoms with E-state index < -0.39 is 17.2 Å². The van der Waals surface area contributed by atoms with Gasteiger partial charge in [0, 0.05) is 102 Å². The molecule has 5 aromatic rings. The van der Waals surface area contributed by atoms with Crippen LogP contribution in [0.1, 0.15) is 89.0 Å². The molecule has 4 aliphatic heterocycles. The minimum atomic E-state index is -1.24. The van der Waals surface area contributed by atoms with Gasteiger partial charge in [0.25, 0.3) is 0 Å². The van der Waals surface area contributed by atoms with Crippen molar-refractivity contribution in [1.82, 2.24) is 65.4 Å². The summed E-state index contributed by atoms with van der Waals surface area (Å²) < 4.78 is 16.8. The zero-order valence-corrected chi connectivity index (χ0v) is 53.6. The van der Waals surface area contributed by atoms with Crippen molar-refractivity contribution >= 4 is 91.6 Å². The fourth-order valence-corrected chi connectivity index (χ4v) is 13.4. The number of thioether (sulfide) groups is 1. The van der Waals surface area contributed by atoms with Crippen LogP contribution in [0.25, 0.3) is 21.3 Å². The maximum absolute atomic E-state index is 14.7. The minimum Gasteiger partial charge on any atom is -0.465 e. The first-order valence-corrected chi connectivity index (χ1v) is 32.7. The molecule has 4 fully saturated rings. The summed E-state index contributed by atoms with van der Waals surface area (Å²) in [4.78, 5) is 103. The van der Waals surface area contributed by atoms with E-state index in [1.54, 1.807) is 20.8 Å². The van der Waals surface area contributed by atoms with Crippen molar-refractivity contribution in [1.29, 1.82) is 0 Å². The molecule has 22 nitrogen and oxygen atoms in total. The molecule has 470 valence electrons. The number of nitrogens with one attached hydrogen (secondary N) is 4. The van der Waals surface area contributed by atoms with Crippen LogP contribution in [0, 0.1) is 30.6 Å². The molecule has 4 amide bonds. The predicted octanol–water partition coefficient (Wildman–Crippen LogP) is 5.99. The number of ether oxygens (including phenoxy) is 3. The molecule has 4 aromatic heterocycles. The number of likely N-dealkylation sites (tertiary alicyclic amines) is 1. The number of alkyl carbamates (subject to hydrolysis) is 1. The van der Waals surface area contributed by atoms with Crippen LogP contribution in [0.5, 0.6) is 0 Å². The lowest BCUT2D eigenvalue weighted by Crippen LogP contribution is -2.64. The number of H-pyrrole nitrogens is 1. The van der Waals surface area contributed by atoms with Gasteiger partial charge in [0.1, 0.15) is 51.2 Å². The third kappa shape index (κ3) is 19.2. The number of esters is 1. The third-order valence-electron chi connectivity index (χ3n) is 16.3. The number of aromatic nitrogens is 5. The number of carbonyl (C=O) groups is 5. The van der Waals surface area contributed by atoms with Crippen LogP contribution in [0.4, 0.5) is 10.6 Å². The molecule has 87 heavy (non-hydrogen) atoms. The summed E-state index contributed by atoms with van der Waals surface area (Å²) in [6, 6.07) is 11.0. The molecule has 0 spiro atoms. The number of halogens is 1. The number of fused-ring (bicyclic) bond motifs is 2. The lowest BCUT2D eigenvalue weighted by atomic mass is 9.85. The first kappa shape index (κ1) is 65.3. The van der Waals surface area contributed by atoms with Gasteiger partial charge < -0.3 is 49.8 Å². The number of rotatable bonds is 23.